The van der Waals surface area contributed by atoms with Crippen molar-refractivity contribution in [3.8, 4) is 5.75 Å². The van der Waals surface area contributed by atoms with E-state index in [0.717, 1.165) is 31.0 Å². The summed E-state index contributed by atoms with van der Waals surface area (Å²) in [6.07, 6.45) is 1.95. The molecule has 1 aliphatic rings. The second-order valence-electron chi connectivity index (χ2n) is 4.01. The summed E-state index contributed by atoms with van der Waals surface area (Å²) >= 11 is 0. The number of hydrogen-bond donors (Lipinski definition) is 0. The molecule has 0 aromatic heterocycles. The van der Waals surface area contributed by atoms with E-state index in [2.05, 4.69) is 0 Å². The summed E-state index contributed by atoms with van der Waals surface area (Å²) in [7, 11) is 0. The minimum Gasteiger partial charge on any atom is -0.496 e. The van der Waals surface area contributed by atoms with E-state index >= 15 is 0 Å². The maximum Gasteiger partial charge on any atom is 1.00 e. The van der Waals surface area contributed by atoms with Crippen molar-refractivity contribution in [3.63, 3.8) is 0 Å². The molecule has 7 heteroatoms. The number of halogens is 4. The zero-order chi connectivity index (χ0) is 11.8. The minimum atomic E-state index is -5.15. The zero-order valence-electron chi connectivity index (χ0n) is 9.43. The van der Waals surface area contributed by atoms with E-state index in [9.17, 15) is 17.3 Å². The van der Waals surface area contributed by atoms with Gasteiger partial charge in [-0.15, -0.1) is 0 Å². The van der Waals surface area contributed by atoms with Crippen molar-refractivity contribution >= 4 is 12.4 Å². The Morgan fingerprint density at radius 2 is 1.88 bits per heavy atom. The summed E-state index contributed by atoms with van der Waals surface area (Å²) < 4.78 is 55.6. The third-order valence-corrected chi connectivity index (χ3v) is 2.50. The first-order valence-corrected chi connectivity index (χ1v) is 5.09. The van der Waals surface area contributed by atoms with Crippen LogP contribution in [-0.2, 0) is 0 Å². The molecule has 0 atom stereocenters. The molecular formula is C10H10BF4KO. The third-order valence-electron chi connectivity index (χ3n) is 2.50. The van der Waals surface area contributed by atoms with Crippen LogP contribution >= 0.6 is 0 Å². The molecular weight excluding hydrogens is 262 g/mol. The van der Waals surface area contributed by atoms with Crippen LogP contribution in [0.25, 0.3) is 0 Å². The normalized spacial score (nSPS) is 15.3. The fourth-order valence-corrected chi connectivity index (χ4v) is 1.40. The van der Waals surface area contributed by atoms with Gasteiger partial charge < -0.3 is 17.7 Å². The van der Waals surface area contributed by atoms with Crippen molar-refractivity contribution in [2.24, 2.45) is 5.92 Å². The van der Waals surface area contributed by atoms with Gasteiger partial charge in [0.25, 0.3) is 0 Å². The monoisotopic (exact) mass is 272 g/mol. The van der Waals surface area contributed by atoms with Crippen LogP contribution in [0.15, 0.2) is 18.2 Å². The summed E-state index contributed by atoms with van der Waals surface area (Å²) in [6, 6.07) is 2.33. The van der Waals surface area contributed by atoms with Gasteiger partial charge in [0.15, 0.2) is 0 Å². The number of ether oxygens (including phenoxy) is 1. The van der Waals surface area contributed by atoms with E-state index < -0.39 is 18.3 Å². The first kappa shape index (κ1) is 15.5. The number of benzene rings is 1. The van der Waals surface area contributed by atoms with Crippen molar-refractivity contribution in [1.82, 2.24) is 0 Å². The maximum atomic E-state index is 12.8. The molecule has 2 rings (SSSR count). The van der Waals surface area contributed by atoms with E-state index in [1.807, 2.05) is 0 Å². The topological polar surface area (TPSA) is 9.23 Å². The Balaban J connectivity index is 0.00000144. The largest absolute Gasteiger partial charge is 1.00 e. The van der Waals surface area contributed by atoms with Crippen molar-refractivity contribution in [2.75, 3.05) is 6.61 Å². The molecule has 88 valence electrons. The second kappa shape index (κ2) is 6.06. The first-order valence-electron chi connectivity index (χ1n) is 5.09. The molecule has 1 nitrogen and oxygen atoms in total. The molecule has 0 aliphatic heterocycles. The Labute approximate surface area is 139 Å². The van der Waals surface area contributed by atoms with E-state index in [1.165, 1.54) is 0 Å². The van der Waals surface area contributed by atoms with Gasteiger partial charge in [0, 0.05) is 6.07 Å². The van der Waals surface area contributed by atoms with Gasteiger partial charge in [0.05, 0.1) is 12.4 Å². The molecule has 1 aromatic carbocycles. The van der Waals surface area contributed by atoms with Gasteiger partial charge in [0.2, 0.25) is 0 Å². The van der Waals surface area contributed by atoms with Crippen LogP contribution in [0.4, 0.5) is 17.3 Å². The fraction of sp³-hybridized carbons (Fsp3) is 0.400. The average molecular weight is 272 g/mol. The van der Waals surface area contributed by atoms with E-state index in [-0.39, 0.29) is 63.7 Å². The summed E-state index contributed by atoms with van der Waals surface area (Å²) in [4.78, 5) is 0. The Bertz CT molecular complexity index is 392. The van der Waals surface area contributed by atoms with Crippen LogP contribution in [0.5, 0.6) is 5.75 Å². The van der Waals surface area contributed by atoms with Crippen molar-refractivity contribution in [3.05, 3.63) is 24.0 Å². The van der Waals surface area contributed by atoms with Crippen LogP contribution in [0.1, 0.15) is 12.8 Å². The Hall–Kier alpha value is 0.441. The second-order valence-corrected chi connectivity index (χ2v) is 4.01. The Morgan fingerprint density at radius 3 is 2.41 bits per heavy atom. The van der Waals surface area contributed by atoms with Gasteiger partial charge in [-0.1, -0.05) is 11.5 Å². The Kier molecular flexibility index (Phi) is 5.52. The van der Waals surface area contributed by atoms with Gasteiger partial charge >= 0.3 is 58.4 Å². The van der Waals surface area contributed by atoms with Gasteiger partial charge in [0.1, 0.15) is 5.82 Å². The molecule has 0 radical (unpaired) electrons. The maximum absolute atomic E-state index is 12.8. The molecule has 1 aliphatic carbocycles. The molecule has 0 saturated heterocycles. The predicted molar refractivity (Wildman–Crippen MR) is 53.3 cm³/mol. The smallest absolute Gasteiger partial charge is 0.496 e. The van der Waals surface area contributed by atoms with Crippen LogP contribution < -0.4 is 61.6 Å². The van der Waals surface area contributed by atoms with Gasteiger partial charge in [-0.05, 0) is 24.8 Å². The molecule has 0 bridgehead atoms. The molecule has 0 unspecified atom stereocenters. The summed E-state index contributed by atoms with van der Waals surface area (Å²) in [6.45, 7) is -4.92. The third kappa shape index (κ3) is 4.55. The SMILES string of the molecule is Fc1ccc([B-](F)(F)F)c(OCC2CC2)c1.[K+]. The molecule has 1 saturated carbocycles. The van der Waals surface area contributed by atoms with Crippen molar-refractivity contribution in [2.45, 2.75) is 12.8 Å². The molecule has 17 heavy (non-hydrogen) atoms. The molecule has 0 heterocycles. The van der Waals surface area contributed by atoms with Crippen LogP contribution in [0.2, 0.25) is 0 Å². The molecule has 0 spiro atoms. The summed E-state index contributed by atoms with van der Waals surface area (Å²) in [5.74, 6) is -0.772. The standard InChI is InChI=1S/C10H10BF4O.K/c12-8-3-4-9(11(13,14)15)10(5-8)16-6-7-1-2-7;/h3-5,7H,1-2,6H2;/q-1;+1. The van der Waals surface area contributed by atoms with E-state index in [1.54, 1.807) is 0 Å². The average Bonchev–Trinajstić information content (AvgIpc) is 2.96. The minimum absolute atomic E-state index is 0. The van der Waals surface area contributed by atoms with Crippen LogP contribution in [-0.4, -0.2) is 13.6 Å². The number of hydrogen-bond acceptors (Lipinski definition) is 1. The molecule has 1 fully saturated rings. The zero-order valence-corrected chi connectivity index (χ0v) is 12.6. The molecule has 1 aromatic rings. The summed E-state index contributed by atoms with van der Waals surface area (Å²) in [5.41, 5.74) is -0.859. The van der Waals surface area contributed by atoms with Crippen molar-refractivity contribution < 1.29 is 73.5 Å². The van der Waals surface area contributed by atoms with Crippen LogP contribution in [0.3, 0.4) is 0 Å². The predicted octanol–water partition coefficient (Wildman–Crippen LogP) is -0.327. The van der Waals surface area contributed by atoms with E-state index in [0.29, 0.717) is 5.92 Å². The number of rotatable bonds is 4. The fourth-order valence-electron chi connectivity index (χ4n) is 1.40. The molecule has 0 amide bonds. The first-order chi connectivity index (χ1) is 7.47. The molecule has 0 N–H and O–H groups in total. The Morgan fingerprint density at radius 1 is 1.24 bits per heavy atom. The van der Waals surface area contributed by atoms with Gasteiger partial charge in [-0.25, -0.2) is 4.39 Å². The van der Waals surface area contributed by atoms with Crippen molar-refractivity contribution in [1.29, 1.82) is 0 Å². The van der Waals surface area contributed by atoms with E-state index in [4.69, 9.17) is 4.74 Å². The van der Waals surface area contributed by atoms with Crippen LogP contribution in [0, 0.1) is 11.7 Å². The van der Waals surface area contributed by atoms with Gasteiger partial charge in [-0.2, -0.15) is 0 Å². The van der Waals surface area contributed by atoms with Gasteiger partial charge in [-0.3, -0.25) is 0 Å². The summed E-state index contributed by atoms with van der Waals surface area (Å²) in [5, 5.41) is 0. The quantitative estimate of drug-likeness (QED) is 0.539.